The first kappa shape index (κ1) is 12.5. The molecule has 0 saturated heterocycles. The lowest BCUT2D eigenvalue weighted by Crippen LogP contribution is -2.46. The largest absolute Gasteiger partial charge is 0.468 e. The fourth-order valence-corrected chi connectivity index (χ4v) is 2.24. The Morgan fingerprint density at radius 1 is 1.47 bits per heavy atom. The maximum atomic E-state index is 11.7. The standard InChI is InChI=1S/C12H23NO2/c1-4-9(2)13-11(12(14)15-3)10-7-5-6-8-10/h9-11,13H,4-8H2,1-3H3. The SMILES string of the molecule is CCC(C)NC(C(=O)OC)C1CCCC1. The second-order valence-corrected chi connectivity index (χ2v) is 4.52. The van der Waals surface area contributed by atoms with Crippen LogP contribution in [0.25, 0.3) is 0 Å². The van der Waals surface area contributed by atoms with Gasteiger partial charge < -0.3 is 10.1 Å². The van der Waals surface area contributed by atoms with Crippen molar-refractivity contribution in [1.82, 2.24) is 5.32 Å². The van der Waals surface area contributed by atoms with Gasteiger partial charge in [-0.3, -0.25) is 4.79 Å². The van der Waals surface area contributed by atoms with E-state index in [9.17, 15) is 4.79 Å². The summed E-state index contributed by atoms with van der Waals surface area (Å²) < 4.78 is 4.87. The second kappa shape index (κ2) is 6.11. The Morgan fingerprint density at radius 3 is 2.53 bits per heavy atom. The van der Waals surface area contributed by atoms with Gasteiger partial charge in [-0.15, -0.1) is 0 Å². The molecule has 1 aliphatic rings. The van der Waals surface area contributed by atoms with E-state index >= 15 is 0 Å². The average Bonchev–Trinajstić information content (AvgIpc) is 2.77. The molecule has 0 aromatic rings. The van der Waals surface area contributed by atoms with E-state index in [0.29, 0.717) is 12.0 Å². The van der Waals surface area contributed by atoms with E-state index in [-0.39, 0.29) is 12.0 Å². The Hall–Kier alpha value is -0.570. The molecule has 3 nitrogen and oxygen atoms in total. The van der Waals surface area contributed by atoms with E-state index in [4.69, 9.17) is 4.74 Å². The van der Waals surface area contributed by atoms with Gasteiger partial charge in [0.1, 0.15) is 6.04 Å². The number of methoxy groups -OCH3 is 1. The van der Waals surface area contributed by atoms with Crippen LogP contribution in [0.4, 0.5) is 0 Å². The van der Waals surface area contributed by atoms with Crippen LogP contribution in [0.15, 0.2) is 0 Å². The molecule has 3 heteroatoms. The smallest absolute Gasteiger partial charge is 0.323 e. The lowest BCUT2D eigenvalue weighted by molar-refractivity contribution is -0.144. The highest BCUT2D eigenvalue weighted by atomic mass is 16.5. The lowest BCUT2D eigenvalue weighted by atomic mass is 9.97. The van der Waals surface area contributed by atoms with E-state index in [2.05, 4.69) is 19.2 Å². The normalized spacial score (nSPS) is 21.3. The highest BCUT2D eigenvalue weighted by Gasteiger charge is 2.31. The molecule has 0 spiro atoms. The zero-order chi connectivity index (χ0) is 11.3. The number of carbonyl (C=O) groups is 1. The first-order valence-electron chi connectivity index (χ1n) is 6.03. The molecule has 1 aliphatic carbocycles. The van der Waals surface area contributed by atoms with E-state index in [1.54, 1.807) is 0 Å². The Morgan fingerprint density at radius 2 is 2.07 bits per heavy atom. The fraction of sp³-hybridized carbons (Fsp3) is 0.917. The van der Waals surface area contributed by atoms with Crippen LogP contribution in [0.3, 0.4) is 0 Å². The van der Waals surface area contributed by atoms with Crippen molar-refractivity contribution in [2.45, 2.75) is 58.0 Å². The summed E-state index contributed by atoms with van der Waals surface area (Å²) >= 11 is 0. The van der Waals surface area contributed by atoms with Crippen LogP contribution < -0.4 is 5.32 Å². The molecule has 2 atom stereocenters. The molecule has 0 heterocycles. The molecule has 0 aromatic heterocycles. The molecule has 0 aromatic carbocycles. The third-order valence-electron chi connectivity index (χ3n) is 3.40. The summed E-state index contributed by atoms with van der Waals surface area (Å²) in [5.41, 5.74) is 0. The summed E-state index contributed by atoms with van der Waals surface area (Å²) in [7, 11) is 1.47. The summed E-state index contributed by atoms with van der Waals surface area (Å²) in [5.74, 6) is 0.383. The monoisotopic (exact) mass is 213 g/mol. The molecule has 0 aliphatic heterocycles. The number of hydrogen-bond acceptors (Lipinski definition) is 3. The Bertz CT molecular complexity index is 200. The molecule has 1 saturated carbocycles. The number of nitrogens with one attached hydrogen (secondary N) is 1. The minimum absolute atomic E-state index is 0.0903. The maximum Gasteiger partial charge on any atom is 0.323 e. The van der Waals surface area contributed by atoms with Gasteiger partial charge in [-0.1, -0.05) is 19.8 Å². The minimum atomic E-state index is -0.0952. The van der Waals surface area contributed by atoms with Crippen LogP contribution in [0.5, 0.6) is 0 Å². The third-order valence-corrected chi connectivity index (χ3v) is 3.40. The number of hydrogen-bond donors (Lipinski definition) is 1. The summed E-state index contributed by atoms with van der Waals surface area (Å²) in [5, 5.41) is 3.38. The number of carbonyl (C=O) groups excluding carboxylic acids is 1. The van der Waals surface area contributed by atoms with Crippen molar-refractivity contribution in [3.63, 3.8) is 0 Å². The quantitative estimate of drug-likeness (QED) is 0.711. The molecular formula is C12H23NO2. The lowest BCUT2D eigenvalue weighted by Gasteiger charge is -2.25. The van der Waals surface area contributed by atoms with Gasteiger partial charge in [-0.2, -0.15) is 0 Å². The Balaban J connectivity index is 2.55. The van der Waals surface area contributed by atoms with Crippen molar-refractivity contribution in [1.29, 1.82) is 0 Å². The van der Waals surface area contributed by atoms with Gasteiger partial charge in [-0.25, -0.2) is 0 Å². The van der Waals surface area contributed by atoms with Gasteiger partial charge in [-0.05, 0) is 32.1 Å². The van der Waals surface area contributed by atoms with Crippen molar-refractivity contribution >= 4 is 5.97 Å². The summed E-state index contributed by atoms with van der Waals surface area (Å²) in [6.45, 7) is 4.24. The van der Waals surface area contributed by atoms with Crippen LogP contribution in [0.1, 0.15) is 46.0 Å². The van der Waals surface area contributed by atoms with Gasteiger partial charge in [0.05, 0.1) is 7.11 Å². The van der Waals surface area contributed by atoms with Crippen LogP contribution in [-0.2, 0) is 9.53 Å². The van der Waals surface area contributed by atoms with Crippen LogP contribution >= 0.6 is 0 Å². The van der Waals surface area contributed by atoms with E-state index in [1.165, 1.54) is 20.0 Å². The van der Waals surface area contributed by atoms with Crippen molar-refractivity contribution in [2.24, 2.45) is 5.92 Å². The molecule has 15 heavy (non-hydrogen) atoms. The molecule has 1 fully saturated rings. The predicted molar refractivity (Wildman–Crippen MR) is 60.7 cm³/mol. The van der Waals surface area contributed by atoms with Crippen molar-refractivity contribution in [2.75, 3.05) is 7.11 Å². The molecule has 0 amide bonds. The third kappa shape index (κ3) is 3.49. The summed E-state index contributed by atoms with van der Waals surface area (Å²) in [4.78, 5) is 11.7. The maximum absolute atomic E-state index is 11.7. The topological polar surface area (TPSA) is 38.3 Å². The molecule has 88 valence electrons. The molecule has 2 unspecified atom stereocenters. The fourth-order valence-electron chi connectivity index (χ4n) is 2.24. The minimum Gasteiger partial charge on any atom is -0.468 e. The molecule has 0 radical (unpaired) electrons. The first-order valence-corrected chi connectivity index (χ1v) is 6.03. The van der Waals surface area contributed by atoms with Gasteiger partial charge in [0.2, 0.25) is 0 Å². The second-order valence-electron chi connectivity index (χ2n) is 4.52. The van der Waals surface area contributed by atoms with E-state index in [1.807, 2.05) is 0 Å². The number of rotatable bonds is 5. The van der Waals surface area contributed by atoms with Gasteiger partial charge in [0.25, 0.3) is 0 Å². The van der Waals surface area contributed by atoms with Crippen LogP contribution in [0.2, 0.25) is 0 Å². The highest BCUT2D eigenvalue weighted by molar-refractivity contribution is 5.76. The molecule has 1 N–H and O–H groups in total. The number of esters is 1. The highest BCUT2D eigenvalue weighted by Crippen LogP contribution is 2.28. The van der Waals surface area contributed by atoms with Crippen LogP contribution in [-0.4, -0.2) is 25.2 Å². The van der Waals surface area contributed by atoms with Crippen LogP contribution in [0, 0.1) is 5.92 Å². The number of ether oxygens (including phenoxy) is 1. The van der Waals surface area contributed by atoms with Crippen molar-refractivity contribution < 1.29 is 9.53 Å². The first-order chi connectivity index (χ1) is 7.19. The summed E-state index contributed by atoms with van der Waals surface area (Å²) in [6, 6.07) is 0.294. The molecular weight excluding hydrogens is 190 g/mol. The average molecular weight is 213 g/mol. The van der Waals surface area contributed by atoms with Crippen molar-refractivity contribution in [3.05, 3.63) is 0 Å². The van der Waals surface area contributed by atoms with Gasteiger partial charge >= 0.3 is 5.97 Å². The Kier molecular flexibility index (Phi) is 5.09. The van der Waals surface area contributed by atoms with Gasteiger partial charge in [0.15, 0.2) is 0 Å². The molecule has 0 bridgehead atoms. The van der Waals surface area contributed by atoms with E-state index in [0.717, 1.165) is 19.3 Å². The molecule has 1 rings (SSSR count). The van der Waals surface area contributed by atoms with Crippen molar-refractivity contribution in [3.8, 4) is 0 Å². The van der Waals surface area contributed by atoms with Gasteiger partial charge in [0, 0.05) is 6.04 Å². The van der Waals surface area contributed by atoms with E-state index < -0.39 is 0 Å². The Labute approximate surface area is 92.6 Å². The summed E-state index contributed by atoms with van der Waals surface area (Å²) in [6.07, 6.45) is 5.85. The predicted octanol–water partition coefficient (Wildman–Crippen LogP) is 2.11. The zero-order valence-electron chi connectivity index (χ0n) is 10.1. The zero-order valence-corrected chi connectivity index (χ0v) is 10.1.